The van der Waals surface area contributed by atoms with Gasteiger partial charge in [0.25, 0.3) is 0 Å². The summed E-state index contributed by atoms with van der Waals surface area (Å²) in [4.78, 5) is 8.47. The van der Waals surface area contributed by atoms with Crippen LogP contribution in [-0.2, 0) is 12.0 Å². The largest absolute Gasteiger partial charge is 0.360 e. The van der Waals surface area contributed by atoms with Gasteiger partial charge in [-0.05, 0) is 18.9 Å². The van der Waals surface area contributed by atoms with E-state index in [0.717, 1.165) is 23.5 Å². The maximum Gasteiger partial charge on any atom is 0.130 e. The van der Waals surface area contributed by atoms with Crippen molar-refractivity contribution in [2.45, 2.75) is 25.8 Å². The van der Waals surface area contributed by atoms with Crippen molar-refractivity contribution in [2.75, 3.05) is 11.2 Å². The van der Waals surface area contributed by atoms with E-state index in [-0.39, 0.29) is 5.54 Å². The molecule has 1 aromatic carbocycles. The molecule has 1 heterocycles. The summed E-state index contributed by atoms with van der Waals surface area (Å²) in [5.41, 5.74) is 1.81. The third-order valence-corrected chi connectivity index (χ3v) is 3.70. The first-order valence-corrected chi connectivity index (χ1v) is 6.92. The highest BCUT2D eigenvalue weighted by Crippen LogP contribution is 2.26. The van der Waals surface area contributed by atoms with Crippen LogP contribution in [0.2, 0.25) is 0 Å². The Morgan fingerprint density at radius 1 is 1.21 bits per heavy atom. The summed E-state index contributed by atoms with van der Waals surface area (Å²) < 4.78 is 0. The summed E-state index contributed by atoms with van der Waals surface area (Å²) >= 11 is 6.16. The molecule has 4 heteroatoms. The van der Waals surface area contributed by atoms with Gasteiger partial charge in [-0.1, -0.05) is 37.3 Å². The molecule has 1 aromatic heterocycles. The van der Waals surface area contributed by atoms with E-state index in [1.54, 1.807) is 6.33 Å². The Morgan fingerprint density at radius 3 is 2.58 bits per heavy atom. The van der Waals surface area contributed by atoms with E-state index in [9.17, 15) is 0 Å². The molecule has 2 aromatic rings. The van der Waals surface area contributed by atoms with E-state index >= 15 is 0 Å². The summed E-state index contributed by atoms with van der Waals surface area (Å²) in [5.74, 6) is 1.27. The van der Waals surface area contributed by atoms with Crippen LogP contribution in [0.4, 0.5) is 5.82 Å². The van der Waals surface area contributed by atoms with E-state index < -0.39 is 0 Å². The summed E-state index contributed by atoms with van der Waals surface area (Å²) in [6.07, 6.45) is 2.47. The molecule has 1 atom stereocenters. The van der Waals surface area contributed by atoms with E-state index in [2.05, 4.69) is 41.3 Å². The van der Waals surface area contributed by atoms with Crippen molar-refractivity contribution in [2.24, 2.45) is 0 Å². The van der Waals surface area contributed by atoms with Crippen LogP contribution in [0, 0.1) is 0 Å². The lowest BCUT2D eigenvalue weighted by Gasteiger charge is -2.29. The highest BCUT2D eigenvalue weighted by Gasteiger charge is 2.25. The smallest absolute Gasteiger partial charge is 0.130 e. The highest BCUT2D eigenvalue weighted by molar-refractivity contribution is 6.18. The molecule has 0 radical (unpaired) electrons. The fraction of sp³-hybridized carbons (Fsp3) is 0.333. The van der Waals surface area contributed by atoms with Gasteiger partial charge in [0.15, 0.2) is 0 Å². The lowest BCUT2D eigenvalue weighted by molar-refractivity contribution is 0.613. The summed E-state index contributed by atoms with van der Waals surface area (Å²) in [6.45, 7) is 4.15. The number of alkyl halides is 1. The monoisotopic (exact) mass is 275 g/mol. The standard InChI is InChI=1S/C15H18ClN3/c1-3-13-9-14(18-11-17-13)19-15(2,10-16)12-7-5-4-6-8-12/h4-9,11H,3,10H2,1-2H3,(H,17,18,19). The third kappa shape index (κ3) is 3.24. The predicted molar refractivity (Wildman–Crippen MR) is 79.5 cm³/mol. The zero-order chi connectivity index (χ0) is 13.7. The molecule has 3 nitrogen and oxygen atoms in total. The number of anilines is 1. The third-order valence-electron chi connectivity index (χ3n) is 3.17. The highest BCUT2D eigenvalue weighted by atomic mass is 35.5. The number of benzene rings is 1. The van der Waals surface area contributed by atoms with Gasteiger partial charge >= 0.3 is 0 Å². The molecule has 2 rings (SSSR count). The second-order valence-electron chi connectivity index (χ2n) is 4.70. The Hall–Kier alpha value is -1.61. The van der Waals surface area contributed by atoms with E-state index in [4.69, 9.17) is 11.6 Å². The van der Waals surface area contributed by atoms with Crippen LogP contribution >= 0.6 is 11.6 Å². The lowest BCUT2D eigenvalue weighted by Crippen LogP contribution is -2.34. The molecule has 0 aliphatic heterocycles. The molecule has 0 bridgehead atoms. The normalized spacial score (nSPS) is 13.8. The van der Waals surface area contributed by atoms with Crippen molar-refractivity contribution in [1.29, 1.82) is 0 Å². The van der Waals surface area contributed by atoms with Crippen LogP contribution in [0.3, 0.4) is 0 Å². The van der Waals surface area contributed by atoms with E-state index in [1.807, 2.05) is 24.3 Å². The Kier molecular flexibility index (Phi) is 4.38. The SMILES string of the molecule is CCc1cc(NC(C)(CCl)c2ccccc2)ncn1. The molecule has 0 aliphatic rings. The maximum absolute atomic E-state index is 6.16. The minimum absolute atomic E-state index is 0.345. The number of halogens is 1. The summed E-state index contributed by atoms with van der Waals surface area (Å²) in [6, 6.07) is 12.1. The van der Waals surface area contributed by atoms with Crippen LogP contribution in [0.1, 0.15) is 25.1 Å². The minimum Gasteiger partial charge on any atom is -0.360 e. The first-order valence-electron chi connectivity index (χ1n) is 6.38. The Bertz CT molecular complexity index is 530. The average Bonchev–Trinajstić information content (AvgIpc) is 2.48. The molecular weight excluding hydrogens is 258 g/mol. The summed E-state index contributed by atoms with van der Waals surface area (Å²) in [7, 11) is 0. The van der Waals surface area contributed by atoms with Gasteiger partial charge in [-0.25, -0.2) is 9.97 Å². The van der Waals surface area contributed by atoms with Crippen molar-refractivity contribution < 1.29 is 0 Å². The van der Waals surface area contributed by atoms with E-state index in [0.29, 0.717) is 5.88 Å². The van der Waals surface area contributed by atoms with Crippen LogP contribution in [0.25, 0.3) is 0 Å². The maximum atomic E-state index is 6.16. The molecule has 19 heavy (non-hydrogen) atoms. The number of aryl methyl sites for hydroxylation is 1. The number of rotatable bonds is 5. The Balaban J connectivity index is 2.27. The van der Waals surface area contributed by atoms with Crippen molar-refractivity contribution in [1.82, 2.24) is 9.97 Å². The van der Waals surface area contributed by atoms with Crippen LogP contribution in [-0.4, -0.2) is 15.8 Å². The molecule has 0 saturated heterocycles. The minimum atomic E-state index is -0.345. The molecular formula is C15H18ClN3. The fourth-order valence-electron chi connectivity index (χ4n) is 1.93. The average molecular weight is 276 g/mol. The van der Waals surface area contributed by atoms with Crippen molar-refractivity contribution >= 4 is 17.4 Å². The molecule has 0 fully saturated rings. The Morgan fingerprint density at radius 2 is 1.95 bits per heavy atom. The number of aromatic nitrogens is 2. The lowest BCUT2D eigenvalue weighted by atomic mass is 9.94. The molecule has 100 valence electrons. The predicted octanol–water partition coefficient (Wildman–Crippen LogP) is 3.61. The second kappa shape index (κ2) is 6.02. The topological polar surface area (TPSA) is 37.8 Å². The van der Waals surface area contributed by atoms with Gasteiger partial charge in [0.1, 0.15) is 12.1 Å². The van der Waals surface area contributed by atoms with Gasteiger partial charge in [0.2, 0.25) is 0 Å². The molecule has 1 N–H and O–H groups in total. The molecule has 0 saturated carbocycles. The number of nitrogens with zero attached hydrogens (tertiary/aromatic N) is 2. The van der Waals surface area contributed by atoms with Gasteiger partial charge < -0.3 is 5.32 Å². The van der Waals surface area contributed by atoms with Crippen molar-refractivity contribution in [3.63, 3.8) is 0 Å². The first-order chi connectivity index (χ1) is 9.18. The number of nitrogens with one attached hydrogen (secondary N) is 1. The zero-order valence-corrected chi connectivity index (χ0v) is 12.0. The molecule has 1 unspecified atom stereocenters. The zero-order valence-electron chi connectivity index (χ0n) is 11.2. The van der Waals surface area contributed by atoms with Gasteiger partial charge in [-0.15, -0.1) is 11.6 Å². The summed E-state index contributed by atoms with van der Waals surface area (Å²) in [5, 5.41) is 3.41. The van der Waals surface area contributed by atoms with Crippen LogP contribution in [0.15, 0.2) is 42.7 Å². The molecule has 0 spiro atoms. The van der Waals surface area contributed by atoms with Gasteiger partial charge in [-0.2, -0.15) is 0 Å². The van der Waals surface area contributed by atoms with Gasteiger partial charge in [0, 0.05) is 17.6 Å². The van der Waals surface area contributed by atoms with Gasteiger partial charge in [-0.3, -0.25) is 0 Å². The Labute approximate surface area is 119 Å². The van der Waals surface area contributed by atoms with Crippen molar-refractivity contribution in [3.05, 3.63) is 54.0 Å². The van der Waals surface area contributed by atoms with Crippen LogP contribution < -0.4 is 5.32 Å². The molecule has 0 aliphatic carbocycles. The molecule has 0 amide bonds. The number of hydrogen-bond acceptors (Lipinski definition) is 3. The number of hydrogen-bond donors (Lipinski definition) is 1. The van der Waals surface area contributed by atoms with Crippen molar-refractivity contribution in [3.8, 4) is 0 Å². The first kappa shape index (κ1) is 13.8. The second-order valence-corrected chi connectivity index (χ2v) is 4.97. The van der Waals surface area contributed by atoms with Gasteiger partial charge in [0.05, 0.1) is 5.54 Å². The fourth-order valence-corrected chi connectivity index (χ4v) is 2.15. The van der Waals surface area contributed by atoms with E-state index in [1.165, 1.54) is 0 Å². The van der Waals surface area contributed by atoms with Crippen LogP contribution in [0.5, 0.6) is 0 Å². The quantitative estimate of drug-likeness (QED) is 0.847.